The number of hydrogen-bond acceptors (Lipinski definition) is 6. The van der Waals surface area contributed by atoms with Crippen LogP contribution in [0, 0.1) is 0 Å². The van der Waals surface area contributed by atoms with Crippen molar-refractivity contribution in [3.8, 4) is 5.75 Å². The van der Waals surface area contributed by atoms with Crippen LogP contribution in [0.25, 0.3) is 0 Å². The van der Waals surface area contributed by atoms with E-state index in [9.17, 15) is 0 Å². The molecule has 0 aromatic carbocycles. The third kappa shape index (κ3) is 1.99. The van der Waals surface area contributed by atoms with Gasteiger partial charge < -0.3 is 15.8 Å². The van der Waals surface area contributed by atoms with Crippen molar-refractivity contribution in [2.45, 2.75) is 0 Å². The average Bonchev–Trinajstić information content (AvgIpc) is 2.71. The van der Waals surface area contributed by atoms with Gasteiger partial charge in [0.05, 0.1) is 12.8 Å². The summed E-state index contributed by atoms with van der Waals surface area (Å²) < 4.78 is 5.12. The van der Waals surface area contributed by atoms with Crippen LogP contribution < -0.4 is 15.8 Å². The molecule has 0 unspecified atom stereocenters. The molecule has 0 spiro atoms. The lowest BCUT2D eigenvalue weighted by Crippen LogP contribution is -2.02. The second kappa shape index (κ2) is 4.14. The van der Waals surface area contributed by atoms with Crippen molar-refractivity contribution in [1.82, 2.24) is 9.97 Å². The third-order valence-corrected chi connectivity index (χ3v) is 2.50. The SMILES string of the molecule is COc1c(N)ncnc1Nc1ccsc1. The molecule has 0 aliphatic rings. The molecule has 0 saturated carbocycles. The fraction of sp³-hybridized carbons (Fsp3) is 0.111. The Labute approximate surface area is 90.9 Å². The van der Waals surface area contributed by atoms with Gasteiger partial charge in [0.25, 0.3) is 0 Å². The molecule has 0 radical (unpaired) electrons. The van der Waals surface area contributed by atoms with Crippen molar-refractivity contribution in [3.05, 3.63) is 23.2 Å². The van der Waals surface area contributed by atoms with Crippen LogP contribution in [0.15, 0.2) is 23.2 Å². The number of rotatable bonds is 3. The summed E-state index contributed by atoms with van der Waals surface area (Å²) in [6, 6.07) is 1.95. The molecule has 0 aliphatic carbocycles. The highest BCUT2D eigenvalue weighted by atomic mass is 32.1. The van der Waals surface area contributed by atoms with Gasteiger partial charge in [0.1, 0.15) is 6.33 Å². The number of anilines is 3. The van der Waals surface area contributed by atoms with Crippen LogP contribution >= 0.6 is 11.3 Å². The van der Waals surface area contributed by atoms with E-state index in [-0.39, 0.29) is 0 Å². The molecule has 2 rings (SSSR count). The van der Waals surface area contributed by atoms with Gasteiger partial charge in [0.2, 0.25) is 5.75 Å². The van der Waals surface area contributed by atoms with Gasteiger partial charge in [-0.1, -0.05) is 0 Å². The Morgan fingerprint density at radius 3 is 3.00 bits per heavy atom. The fourth-order valence-corrected chi connectivity index (χ4v) is 1.74. The number of nitrogens with one attached hydrogen (secondary N) is 1. The predicted octanol–water partition coefficient (Wildman–Crippen LogP) is 1.87. The topological polar surface area (TPSA) is 73.1 Å². The first kappa shape index (κ1) is 9.72. The lowest BCUT2D eigenvalue weighted by Gasteiger charge is -2.09. The first-order chi connectivity index (χ1) is 7.31. The number of thiophene rings is 1. The highest BCUT2D eigenvalue weighted by Gasteiger charge is 2.09. The Hall–Kier alpha value is -1.82. The Kier molecular flexibility index (Phi) is 2.68. The number of ether oxygens (including phenoxy) is 1. The van der Waals surface area contributed by atoms with Crippen LogP contribution in [-0.2, 0) is 0 Å². The van der Waals surface area contributed by atoms with Gasteiger partial charge in [-0.25, -0.2) is 9.97 Å². The number of hydrogen-bond donors (Lipinski definition) is 2. The van der Waals surface area contributed by atoms with Crippen molar-refractivity contribution < 1.29 is 4.74 Å². The second-order valence-corrected chi connectivity index (χ2v) is 3.56. The van der Waals surface area contributed by atoms with E-state index >= 15 is 0 Å². The maximum absolute atomic E-state index is 5.65. The molecule has 0 bridgehead atoms. The zero-order valence-corrected chi connectivity index (χ0v) is 8.91. The van der Waals surface area contributed by atoms with E-state index in [1.165, 1.54) is 13.4 Å². The largest absolute Gasteiger partial charge is 0.490 e. The standard InChI is InChI=1S/C9H10N4OS/c1-14-7-8(10)11-5-12-9(7)13-6-2-3-15-4-6/h2-5H,1H3,(H3,10,11,12,13). The molecule has 5 nitrogen and oxygen atoms in total. The highest BCUT2D eigenvalue weighted by molar-refractivity contribution is 7.08. The van der Waals surface area contributed by atoms with Crippen molar-refractivity contribution in [2.24, 2.45) is 0 Å². The molecule has 2 heterocycles. The minimum absolute atomic E-state index is 0.324. The lowest BCUT2D eigenvalue weighted by molar-refractivity contribution is 0.415. The Balaban J connectivity index is 2.32. The zero-order chi connectivity index (χ0) is 10.7. The first-order valence-electron chi connectivity index (χ1n) is 4.25. The van der Waals surface area contributed by atoms with Crippen LogP contribution in [0.4, 0.5) is 17.3 Å². The molecular formula is C9H10N4OS. The average molecular weight is 222 g/mol. The van der Waals surface area contributed by atoms with Crippen molar-refractivity contribution in [1.29, 1.82) is 0 Å². The third-order valence-electron chi connectivity index (χ3n) is 1.82. The van der Waals surface area contributed by atoms with Gasteiger partial charge in [-0.15, -0.1) is 0 Å². The second-order valence-electron chi connectivity index (χ2n) is 2.78. The van der Waals surface area contributed by atoms with Gasteiger partial charge >= 0.3 is 0 Å². The number of nitrogens with zero attached hydrogens (tertiary/aromatic N) is 2. The molecule has 3 N–H and O–H groups in total. The summed E-state index contributed by atoms with van der Waals surface area (Å²) in [5, 5.41) is 7.04. The van der Waals surface area contributed by atoms with Gasteiger partial charge in [-0.3, -0.25) is 0 Å². The molecule has 6 heteroatoms. The Morgan fingerprint density at radius 1 is 1.47 bits per heavy atom. The summed E-state index contributed by atoms with van der Waals surface area (Å²) in [4.78, 5) is 7.91. The zero-order valence-electron chi connectivity index (χ0n) is 8.10. The number of nitrogens with two attached hydrogens (primary N) is 1. The van der Waals surface area contributed by atoms with Gasteiger partial charge in [0, 0.05) is 5.38 Å². The van der Waals surface area contributed by atoms with Crippen LogP contribution in [-0.4, -0.2) is 17.1 Å². The molecule has 0 atom stereocenters. The van der Waals surface area contributed by atoms with E-state index in [4.69, 9.17) is 10.5 Å². The molecule has 15 heavy (non-hydrogen) atoms. The molecule has 0 aliphatic heterocycles. The van der Waals surface area contributed by atoms with Crippen molar-refractivity contribution >= 4 is 28.7 Å². The summed E-state index contributed by atoms with van der Waals surface area (Å²) in [6.45, 7) is 0. The van der Waals surface area contributed by atoms with Crippen molar-refractivity contribution in [2.75, 3.05) is 18.2 Å². The number of methoxy groups -OCH3 is 1. The van der Waals surface area contributed by atoms with Gasteiger partial charge in [-0.2, -0.15) is 11.3 Å². The lowest BCUT2D eigenvalue weighted by atomic mass is 10.4. The first-order valence-corrected chi connectivity index (χ1v) is 5.19. The predicted molar refractivity (Wildman–Crippen MR) is 60.6 cm³/mol. The molecule has 2 aromatic heterocycles. The minimum Gasteiger partial charge on any atom is -0.490 e. The summed E-state index contributed by atoms with van der Waals surface area (Å²) in [5.41, 5.74) is 6.60. The van der Waals surface area contributed by atoms with Crippen molar-refractivity contribution in [3.63, 3.8) is 0 Å². The van der Waals surface area contributed by atoms with Crippen LogP contribution in [0.3, 0.4) is 0 Å². The summed E-state index contributed by atoms with van der Waals surface area (Å²) >= 11 is 1.60. The van der Waals surface area contributed by atoms with E-state index in [0.29, 0.717) is 17.4 Å². The smallest absolute Gasteiger partial charge is 0.204 e. The summed E-state index contributed by atoms with van der Waals surface area (Å²) in [6.07, 6.45) is 1.40. The molecule has 2 aromatic rings. The van der Waals surface area contributed by atoms with E-state index < -0.39 is 0 Å². The van der Waals surface area contributed by atoms with E-state index in [2.05, 4.69) is 15.3 Å². The fourth-order valence-electron chi connectivity index (χ4n) is 1.15. The van der Waals surface area contributed by atoms with Crippen LogP contribution in [0.1, 0.15) is 0 Å². The minimum atomic E-state index is 0.324. The quantitative estimate of drug-likeness (QED) is 0.829. The molecule has 78 valence electrons. The van der Waals surface area contributed by atoms with E-state index in [0.717, 1.165) is 5.69 Å². The number of nitrogen functional groups attached to an aromatic ring is 1. The summed E-state index contributed by atoms with van der Waals surface area (Å²) in [5.74, 6) is 1.36. The molecule has 0 saturated heterocycles. The van der Waals surface area contributed by atoms with Crippen LogP contribution in [0.2, 0.25) is 0 Å². The van der Waals surface area contributed by atoms with E-state index in [1.807, 2.05) is 16.8 Å². The van der Waals surface area contributed by atoms with Gasteiger partial charge in [-0.05, 0) is 11.4 Å². The van der Waals surface area contributed by atoms with Crippen LogP contribution in [0.5, 0.6) is 5.75 Å². The highest BCUT2D eigenvalue weighted by Crippen LogP contribution is 2.29. The van der Waals surface area contributed by atoms with E-state index in [1.54, 1.807) is 11.3 Å². The van der Waals surface area contributed by atoms with Gasteiger partial charge in [0.15, 0.2) is 11.6 Å². The molecule has 0 fully saturated rings. The monoisotopic (exact) mass is 222 g/mol. The normalized spacial score (nSPS) is 9.93. The summed E-state index contributed by atoms with van der Waals surface area (Å²) in [7, 11) is 1.54. The number of aromatic nitrogens is 2. The Morgan fingerprint density at radius 2 is 2.33 bits per heavy atom. The maximum atomic E-state index is 5.65. The maximum Gasteiger partial charge on any atom is 0.204 e. The Bertz CT molecular complexity index is 443. The molecular weight excluding hydrogens is 212 g/mol. The molecule has 0 amide bonds.